The molecule has 250 valence electrons. The number of hydrogen-bond acceptors (Lipinski definition) is 8. The number of imidazole rings is 1. The highest BCUT2D eigenvalue weighted by atomic mass is 35.5. The number of benzene rings is 2. The lowest BCUT2D eigenvalue weighted by atomic mass is 9.88. The quantitative estimate of drug-likeness (QED) is 0.186. The van der Waals surface area contributed by atoms with Gasteiger partial charge in [-0.3, -0.25) is 4.90 Å². The predicted molar refractivity (Wildman–Crippen MR) is 166 cm³/mol. The second-order valence-corrected chi connectivity index (χ2v) is 12.9. The van der Waals surface area contributed by atoms with E-state index < -0.39 is 23.6 Å². The molecule has 0 spiro atoms. The van der Waals surface area contributed by atoms with E-state index >= 15 is 0 Å². The van der Waals surface area contributed by atoms with E-state index in [1.165, 1.54) is 12.3 Å². The molecule has 3 aromatic heterocycles. The number of nitrogens with zero attached hydrogens (tertiary/aromatic N) is 6. The van der Waals surface area contributed by atoms with Gasteiger partial charge in [0.25, 0.3) is 5.79 Å². The molecule has 48 heavy (non-hydrogen) atoms. The summed E-state index contributed by atoms with van der Waals surface area (Å²) in [6, 6.07) is 12.3. The van der Waals surface area contributed by atoms with Crippen LogP contribution in [0.15, 0.2) is 48.7 Å². The summed E-state index contributed by atoms with van der Waals surface area (Å²) in [4.78, 5) is 13.7. The molecule has 1 unspecified atom stereocenters. The number of nitrogens with one attached hydrogen (secondary N) is 1. The van der Waals surface area contributed by atoms with Crippen molar-refractivity contribution in [1.29, 1.82) is 0 Å². The summed E-state index contributed by atoms with van der Waals surface area (Å²) < 4.78 is 74.4. The van der Waals surface area contributed by atoms with Crippen LogP contribution in [0, 0.1) is 5.82 Å². The first-order valence-corrected chi connectivity index (χ1v) is 16.1. The van der Waals surface area contributed by atoms with E-state index in [1.807, 2.05) is 24.3 Å². The molecule has 1 N–H and O–H groups in total. The van der Waals surface area contributed by atoms with Crippen molar-refractivity contribution in [3.8, 4) is 22.9 Å². The average molecular weight is 684 g/mol. The molecule has 0 saturated carbocycles. The monoisotopic (exact) mass is 683 g/mol. The molecule has 0 bridgehead atoms. The number of aromatic nitrogens is 6. The van der Waals surface area contributed by atoms with E-state index in [9.17, 15) is 17.6 Å². The van der Waals surface area contributed by atoms with Crippen LogP contribution in [0.2, 0.25) is 5.02 Å². The van der Waals surface area contributed by atoms with E-state index in [0.29, 0.717) is 35.7 Å². The van der Waals surface area contributed by atoms with E-state index in [2.05, 4.69) is 29.6 Å². The maximum absolute atomic E-state index is 14.8. The van der Waals surface area contributed by atoms with Gasteiger partial charge in [0.2, 0.25) is 5.82 Å². The maximum atomic E-state index is 14.8. The number of H-pyrrole nitrogens is 1. The molecule has 0 amide bonds. The third-order valence-electron chi connectivity index (χ3n) is 9.28. The first-order chi connectivity index (χ1) is 23.0. The van der Waals surface area contributed by atoms with Gasteiger partial charge in [0.1, 0.15) is 5.82 Å². The molecule has 2 aromatic carbocycles. The van der Waals surface area contributed by atoms with Crippen molar-refractivity contribution >= 4 is 22.6 Å². The van der Waals surface area contributed by atoms with Crippen molar-refractivity contribution in [1.82, 2.24) is 34.6 Å². The highest BCUT2D eigenvalue weighted by molar-refractivity contribution is 6.30. The molecular formula is C33H30ClF4N7O3. The highest BCUT2D eigenvalue weighted by Gasteiger charge is 2.44. The van der Waals surface area contributed by atoms with Crippen molar-refractivity contribution in [2.45, 2.75) is 63.3 Å². The van der Waals surface area contributed by atoms with Crippen LogP contribution in [-0.2, 0) is 29.8 Å². The van der Waals surface area contributed by atoms with Crippen LogP contribution in [0.3, 0.4) is 0 Å². The Hall–Kier alpha value is -4.27. The molecule has 15 heteroatoms. The minimum Gasteiger partial charge on any atom is -0.443 e. The second-order valence-electron chi connectivity index (χ2n) is 12.5. The molecule has 3 aliphatic rings. The van der Waals surface area contributed by atoms with Crippen LogP contribution in [0.5, 0.6) is 11.5 Å². The number of ether oxygens (including phenoxy) is 3. The van der Waals surface area contributed by atoms with Crippen LogP contribution in [0.1, 0.15) is 55.0 Å². The number of piperidine rings is 1. The molecule has 6 heterocycles. The fourth-order valence-electron chi connectivity index (χ4n) is 6.72. The molecule has 10 nitrogen and oxygen atoms in total. The number of likely N-dealkylation sites (tertiary alicyclic amines) is 1. The first-order valence-electron chi connectivity index (χ1n) is 15.7. The lowest BCUT2D eigenvalue weighted by Gasteiger charge is -2.33. The normalized spacial score (nSPS) is 21.6. The van der Waals surface area contributed by atoms with Gasteiger partial charge in [0, 0.05) is 30.9 Å². The number of rotatable bonds is 7. The standard InChI is InChI=1S/C33H30ClF4N7O3/c1-32(29-23(35)14-20(34)15-39-29)47-26-4-2-3-22(28(26)48-32)18-7-10-44(11-8-18)17-27-40-24-13-19(30-41-31(43-42-30)33(36,37)38)5-6-25(24)45(27)16-21-9-12-46-21/h2-6,13-15,18,21H,7-12,16-17H2,1H3,(H,41,42,43)/t21-,32?/m0/s1. The molecule has 5 aromatic rings. The summed E-state index contributed by atoms with van der Waals surface area (Å²) >= 11 is 5.92. The molecule has 3 aliphatic heterocycles. The fourth-order valence-corrected chi connectivity index (χ4v) is 6.86. The smallest absolute Gasteiger partial charge is 0.443 e. The van der Waals surface area contributed by atoms with Crippen LogP contribution in [0.4, 0.5) is 17.6 Å². The second kappa shape index (κ2) is 11.7. The summed E-state index contributed by atoms with van der Waals surface area (Å²) in [5.41, 5.74) is 3.04. The zero-order valence-corrected chi connectivity index (χ0v) is 26.5. The number of halogens is 5. The molecule has 0 radical (unpaired) electrons. The van der Waals surface area contributed by atoms with Crippen molar-refractivity contribution in [3.63, 3.8) is 0 Å². The van der Waals surface area contributed by atoms with E-state index in [1.54, 1.807) is 19.1 Å². The van der Waals surface area contributed by atoms with Crippen molar-refractivity contribution in [2.24, 2.45) is 0 Å². The van der Waals surface area contributed by atoms with Gasteiger partial charge in [-0.1, -0.05) is 23.7 Å². The van der Waals surface area contributed by atoms with Crippen LogP contribution >= 0.6 is 11.6 Å². The number of pyridine rings is 1. The summed E-state index contributed by atoms with van der Waals surface area (Å²) in [6.07, 6.45) is -0.502. The molecule has 2 saturated heterocycles. The van der Waals surface area contributed by atoms with E-state index in [4.69, 9.17) is 30.8 Å². The minimum absolute atomic E-state index is 0.0260. The average Bonchev–Trinajstić information content (AvgIpc) is 3.74. The number of fused-ring (bicyclic) bond motifs is 2. The van der Waals surface area contributed by atoms with Gasteiger partial charge in [0.05, 0.1) is 35.2 Å². The lowest BCUT2D eigenvalue weighted by Crippen LogP contribution is -2.35. The van der Waals surface area contributed by atoms with Gasteiger partial charge in [-0.15, -0.1) is 10.2 Å². The van der Waals surface area contributed by atoms with Crippen molar-refractivity contribution < 1.29 is 31.8 Å². The molecule has 2 fully saturated rings. The van der Waals surface area contributed by atoms with Crippen LogP contribution in [0.25, 0.3) is 22.4 Å². The third-order valence-corrected chi connectivity index (χ3v) is 9.48. The Morgan fingerprint density at radius 2 is 1.88 bits per heavy atom. The third kappa shape index (κ3) is 5.65. The lowest BCUT2D eigenvalue weighted by molar-refractivity contribution is -0.144. The predicted octanol–water partition coefficient (Wildman–Crippen LogP) is 6.84. The van der Waals surface area contributed by atoms with E-state index in [-0.39, 0.29) is 28.6 Å². The Kier molecular flexibility index (Phi) is 7.57. The molecule has 2 atom stereocenters. The first kappa shape index (κ1) is 31.0. The van der Waals surface area contributed by atoms with Gasteiger partial charge in [-0.2, -0.15) is 13.2 Å². The fraction of sp³-hybridized carbons (Fsp3) is 0.394. The van der Waals surface area contributed by atoms with Gasteiger partial charge in [-0.25, -0.2) is 14.4 Å². The Morgan fingerprint density at radius 1 is 1.06 bits per heavy atom. The van der Waals surface area contributed by atoms with Gasteiger partial charge < -0.3 is 23.8 Å². The van der Waals surface area contributed by atoms with Crippen LogP contribution in [-0.4, -0.2) is 60.4 Å². The molecular weight excluding hydrogens is 654 g/mol. The SMILES string of the molecule is CC1(c2ncc(Cl)cc2F)Oc2cccc(C3CCN(Cc4nc5cc(-c6nnc(C(F)(F)F)[nH]6)ccc5n4C[C@@H]4CCO4)CC3)c2O1. The van der Waals surface area contributed by atoms with Gasteiger partial charge in [0.15, 0.2) is 28.8 Å². The zero-order chi connectivity index (χ0) is 33.2. The number of aromatic amines is 1. The van der Waals surface area contributed by atoms with Gasteiger partial charge in [-0.05, 0) is 68.6 Å². The van der Waals surface area contributed by atoms with Gasteiger partial charge >= 0.3 is 6.18 Å². The van der Waals surface area contributed by atoms with Crippen molar-refractivity contribution in [3.05, 3.63) is 82.4 Å². The van der Waals surface area contributed by atoms with E-state index in [0.717, 1.165) is 55.9 Å². The Bertz CT molecular complexity index is 2010. The maximum Gasteiger partial charge on any atom is 0.451 e. The number of para-hydroxylation sites is 1. The van der Waals surface area contributed by atoms with Crippen LogP contribution < -0.4 is 9.47 Å². The summed E-state index contributed by atoms with van der Waals surface area (Å²) in [5.74, 6) is -0.954. The minimum atomic E-state index is -4.61. The Morgan fingerprint density at radius 3 is 2.58 bits per heavy atom. The van der Waals surface area contributed by atoms with Crippen molar-refractivity contribution in [2.75, 3.05) is 19.7 Å². The Balaban J connectivity index is 0.998. The zero-order valence-electron chi connectivity index (χ0n) is 25.7. The largest absolute Gasteiger partial charge is 0.451 e. The topological polar surface area (TPSA) is 103 Å². The molecule has 0 aliphatic carbocycles. The Labute approximate surface area is 277 Å². The number of alkyl halides is 3. The summed E-state index contributed by atoms with van der Waals surface area (Å²) in [6.45, 7) is 5.19. The summed E-state index contributed by atoms with van der Waals surface area (Å²) in [7, 11) is 0. The molecule has 8 rings (SSSR count). The number of hydrogen-bond donors (Lipinski definition) is 1. The highest BCUT2D eigenvalue weighted by Crippen LogP contribution is 2.49. The summed E-state index contributed by atoms with van der Waals surface area (Å²) in [5, 5.41) is 7.16.